The van der Waals surface area contributed by atoms with E-state index in [0.29, 0.717) is 6.73 Å². The summed E-state index contributed by atoms with van der Waals surface area (Å²) in [7, 11) is 1.63. The van der Waals surface area contributed by atoms with E-state index in [9.17, 15) is 0 Å². The van der Waals surface area contributed by atoms with Crippen LogP contribution in [0, 0.1) is 0 Å². The predicted octanol–water partition coefficient (Wildman–Crippen LogP) is 1.69. The number of rotatable bonds is 5. The molecule has 6 heteroatoms. The van der Waals surface area contributed by atoms with Gasteiger partial charge in [0, 0.05) is 18.8 Å². The van der Waals surface area contributed by atoms with Crippen LogP contribution >= 0.6 is 0 Å². The summed E-state index contributed by atoms with van der Waals surface area (Å²) in [4.78, 5) is 8.53. The van der Waals surface area contributed by atoms with Gasteiger partial charge in [-0.3, -0.25) is 0 Å². The highest BCUT2D eigenvalue weighted by atomic mass is 16.5. The second-order valence-corrected chi connectivity index (χ2v) is 4.73. The van der Waals surface area contributed by atoms with Crippen molar-refractivity contribution in [3.05, 3.63) is 36.5 Å². The van der Waals surface area contributed by atoms with E-state index in [4.69, 9.17) is 9.47 Å². The average molecular weight is 274 g/mol. The molecule has 1 atom stereocenters. The molecule has 106 valence electrons. The van der Waals surface area contributed by atoms with Gasteiger partial charge < -0.3 is 19.4 Å². The zero-order chi connectivity index (χ0) is 13.8. The van der Waals surface area contributed by atoms with E-state index in [0.717, 1.165) is 36.8 Å². The molecule has 1 aliphatic rings. The molecule has 1 unspecified atom stereocenters. The predicted molar refractivity (Wildman–Crippen MR) is 74.7 cm³/mol. The van der Waals surface area contributed by atoms with E-state index in [1.54, 1.807) is 13.3 Å². The average Bonchev–Trinajstić information content (AvgIpc) is 2.95. The van der Waals surface area contributed by atoms with Crippen molar-refractivity contribution >= 4 is 5.82 Å². The van der Waals surface area contributed by atoms with Gasteiger partial charge in [0.2, 0.25) is 0 Å². The Hall–Kier alpha value is -2.08. The number of fused-ring (bicyclic) bond motifs is 1. The highest BCUT2D eigenvalue weighted by Crippen LogP contribution is 2.16. The van der Waals surface area contributed by atoms with Gasteiger partial charge in [0.25, 0.3) is 0 Å². The number of nitrogens with one attached hydrogen (secondary N) is 1. The standard InChI is InChI=1S/C14H18N4O2/c1-19-11-2-4-13(16-8-11)17-10-20-12-3-5-14-15-6-7-18(14)9-12/h2,4,6-8,12H,3,5,9-10H2,1H3,(H,16,17). The fourth-order valence-corrected chi connectivity index (χ4v) is 2.31. The van der Waals surface area contributed by atoms with Crippen LogP contribution in [0.15, 0.2) is 30.7 Å². The van der Waals surface area contributed by atoms with Crippen molar-refractivity contribution in [1.82, 2.24) is 14.5 Å². The fourth-order valence-electron chi connectivity index (χ4n) is 2.31. The molecule has 1 N–H and O–H groups in total. The number of nitrogens with zero attached hydrogens (tertiary/aromatic N) is 3. The molecule has 2 aromatic rings. The Morgan fingerprint density at radius 3 is 3.15 bits per heavy atom. The fraction of sp³-hybridized carbons (Fsp3) is 0.429. The van der Waals surface area contributed by atoms with Gasteiger partial charge in [-0.15, -0.1) is 0 Å². The first-order valence-electron chi connectivity index (χ1n) is 6.70. The van der Waals surface area contributed by atoms with Crippen LogP contribution in [0.3, 0.4) is 0 Å². The second kappa shape index (κ2) is 5.92. The molecule has 0 aliphatic carbocycles. The third kappa shape index (κ3) is 2.91. The largest absolute Gasteiger partial charge is 0.495 e. The first kappa shape index (κ1) is 12.9. The minimum absolute atomic E-state index is 0.224. The molecule has 0 radical (unpaired) electrons. The van der Waals surface area contributed by atoms with E-state index in [1.165, 1.54) is 0 Å². The molecule has 20 heavy (non-hydrogen) atoms. The number of hydrogen-bond acceptors (Lipinski definition) is 5. The number of aromatic nitrogens is 3. The molecule has 0 fully saturated rings. The smallest absolute Gasteiger partial charge is 0.137 e. The van der Waals surface area contributed by atoms with Gasteiger partial charge in [-0.2, -0.15) is 0 Å². The first-order valence-corrected chi connectivity index (χ1v) is 6.70. The summed E-state index contributed by atoms with van der Waals surface area (Å²) < 4.78 is 13.1. The van der Waals surface area contributed by atoms with Crippen molar-refractivity contribution in [1.29, 1.82) is 0 Å². The highest BCUT2D eigenvalue weighted by molar-refractivity contribution is 5.36. The lowest BCUT2D eigenvalue weighted by atomic mass is 10.1. The van der Waals surface area contributed by atoms with Crippen molar-refractivity contribution in [2.45, 2.75) is 25.5 Å². The SMILES string of the molecule is COc1ccc(NCOC2CCc3nccn3C2)nc1. The Bertz CT molecular complexity index is 553. The minimum atomic E-state index is 0.224. The quantitative estimate of drug-likeness (QED) is 0.841. The molecular weight excluding hydrogens is 256 g/mol. The maximum Gasteiger partial charge on any atom is 0.137 e. The van der Waals surface area contributed by atoms with E-state index in [2.05, 4.69) is 19.9 Å². The maximum atomic E-state index is 5.84. The molecule has 3 rings (SSSR count). The number of methoxy groups -OCH3 is 1. The Labute approximate surface area is 117 Å². The zero-order valence-corrected chi connectivity index (χ0v) is 11.5. The summed E-state index contributed by atoms with van der Waals surface area (Å²) in [6.07, 6.45) is 7.73. The van der Waals surface area contributed by atoms with Crippen molar-refractivity contribution in [3.8, 4) is 5.75 Å². The van der Waals surface area contributed by atoms with Crippen LogP contribution in [-0.2, 0) is 17.7 Å². The molecular formula is C14H18N4O2. The number of ether oxygens (including phenoxy) is 2. The summed E-state index contributed by atoms with van der Waals surface area (Å²) >= 11 is 0. The van der Waals surface area contributed by atoms with Crippen LogP contribution in [0.4, 0.5) is 5.82 Å². The van der Waals surface area contributed by atoms with Crippen LogP contribution in [0.25, 0.3) is 0 Å². The van der Waals surface area contributed by atoms with E-state index < -0.39 is 0 Å². The van der Waals surface area contributed by atoms with Gasteiger partial charge in [-0.05, 0) is 18.6 Å². The molecule has 0 saturated carbocycles. The lowest BCUT2D eigenvalue weighted by molar-refractivity contribution is 0.0394. The van der Waals surface area contributed by atoms with Gasteiger partial charge in [-0.1, -0.05) is 0 Å². The topological polar surface area (TPSA) is 61.2 Å². The summed E-state index contributed by atoms with van der Waals surface area (Å²) in [6.45, 7) is 1.32. The Kier molecular flexibility index (Phi) is 3.83. The van der Waals surface area contributed by atoms with Crippen molar-refractivity contribution in [2.75, 3.05) is 19.2 Å². The maximum absolute atomic E-state index is 5.84. The van der Waals surface area contributed by atoms with Gasteiger partial charge in [0.05, 0.1) is 26.0 Å². The van der Waals surface area contributed by atoms with Gasteiger partial charge in [0.15, 0.2) is 0 Å². The third-order valence-electron chi connectivity index (χ3n) is 3.44. The number of anilines is 1. The van der Waals surface area contributed by atoms with Crippen molar-refractivity contribution < 1.29 is 9.47 Å². The Balaban J connectivity index is 1.46. The molecule has 2 aromatic heterocycles. The summed E-state index contributed by atoms with van der Waals surface area (Å²) in [5.74, 6) is 2.68. The number of imidazole rings is 1. The summed E-state index contributed by atoms with van der Waals surface area (Å²) in [5, 5.41) is 3.15. The molecule has 3 heterocycles. The van der Waals surface area contributed by atoms with Gasteiger partial charge in [0.1, 0.15) is 24.1 Å². The monoisotopic (exact) mass is 274 g/mol. The van der Waals surface area contributed by atoms with Crippen LogP contribution in [0.1, 0.15) is 12.2 Å². The highest BCUT2D eigenvalue weighted by Gasteiger charge is 2.18. The molecule has 0 amide bonds. The zero-order valence-electron chi connectivity index (χ0n) is 11.5. The second-order valence-electron chi connectivity index (χ2n) is 4.73. The lowest BCUT2D eigenvalue weighted by Crippen LogP contribution is -2.28. The van der Waals surface area contributed by atoms with Crippen molar-refractivity contribution in [3.63, 3.8) is 0 Å². The molecule has 1 aliphatic heterocycles. The Morgan fingerprint density at radius 1 is 1.40 bits per heavy atom. The number of aryl methyl sites for hydroxylation is 1. The summed E-state index contributed by atoms with van der Waals surface area (Å²) in [6, 6.07) is 3.74. The van der Waals surface area contributed by atoms with Gasteiger partial charge in [-0.25, -0.2) is 9.97 Å². The minimum Gasteiger partial charge on any atom is -0.495 e. The first-order chi connectivity index (χ1) is 9.85. The normalized spacial score (nSPS) is 17.6. The van der Waals surface area contributed by atoms with Crippen LogP contribution in [0.5, 0.6) is 5.75 Å². The lowest BCUT2D eigenvalue weighted by Gasteiger charge is -2.24. The molecule has 6 nitrogen and oxygen atoms in total. The van der Waals surface area contributed by atoms with Crippen molar-refractivity contribution in [2.24, 2.45) is 0 Å². The Morgan fingerprint density at radius 2 is 2.35 bits per heavy atom. The summed E-state index contributed by atoms with van der Waals surface area (Å²) in [5.41, 5.74) is 0. The number of pyridine rings is 1. The van der Waals surface area contributed by atoms with Gasteiger partial charge >= 0.3 is 0 Å². The molecule has 0 spiro atoms. The van der Waals surface area contributed by atoms with E-state index in [1.807, 2.05) is 24.5 Å². The van der Waals surface area contributed by atoms with Crippen LogP contribution in [0.2, 0.25) is 0 Å². The third-order valence-corrected chi connectivity index (χ3v) is 3.44. The molecule has 0 aromatic carbocycles. The molecule has 0 bridgehead atoms. The molecule has 0 saturated heterocycles. The van der Waals surface area contributed by atoms with Crippen LogP contribution in [-0.4, -0.2) is 34.5 Å². The number of hydrogen-bond donors (Lipinski definition) is 1. The van der Waals surface area contributed by atoms with Crippen LogP contribution < -0.4 is 10.1 Å². The van der Waals surface area contributed by atoms with E-state index in [-0.39, 0.29) is 6.10 Å². The van der Waals surface area contributed by atoms with E-state index >= 15 is 0 Å².